The second-order valence-corrected chi connectivity index (χ2v) is 8.56. The fourth-order valence-corrected chi connectivity index (χ4v) is 4.91. The van der Waals surface area contributed by atoms with E-state index >= 15 is 0 Å². The number of rotatable bonds is 5. The minimum absolute atomic E-state index is 0.0505. The van der Waals surface area contributed by atoms with Gasteiger partial charge in [-0.2, -0.15) is 0 Å². The van der Waals surface area contributed by atoms with Crippen LogP contribution in [0.2, 0.25) is 0 Å². The van der Waals surface area contributed by atoms with Gasteiger partial charge >= 0.3 is 0 Å². The van der Waals surface area contributed by atoms with Crippen molar-refractivity contribution in [1.82, 2.24) is 10.2 Å². The molecule has 1 N–H and O–H groups in total. The van der Waals surface area contributed by atoms with Gasteiger partial charge < -0.3 is 15.1 Å². The van der Waals surface area contributed by atoms with Gasteiger partial charge in [-0.25, -0.2) is 0 Å². The molecule has 3 aliphatic rings. The number of amides is 3. The molecular formula is C23H31N3O3. The Morgan fingerprint density at radius 3 is 2.38 bits per heavy atom. The molecule has 0 bridgehead atoms. The first-order chi connectivity index (χ1) is 14.1. The Labute approximate surface area is 172 Å². The Morgan fingerprint density at radius 2 is 1.69 bits per heavy atom. The monoisotopic (exact) mass is 397 g/mol. The molecular weight excluding hydrogens is 366 g/mol. The van der Waals surface area contributed by atoms with E-state index in [0.29, 0.717) is 19.5 Å². The fraction of sp³-hybridized carbons (Fsp3) is 0.609. The van der Waals surface area contributed by atoms with Crippen molar-refractivity contribution in [3.63, 3.8) is 0 Å². The summed E-state index contributed by atoms with van der Waals surface area (Å²) in [5, 5.41) is 3.01. The molecule has 1 unspecified atom stereocenters. The smallest absolute Gasteiger partial charge is 0.243 e. The molecule has 156 valence electrons. The molecule has 1 aromatic rings. The molecule has 3 amide bonds. The van der Waals surface area contributed by atoms with Gasteiger partial charge in [-0.05, 0) is 49.8 Å². The fourth-order valence-electron chi connectivity index (χ4n) is 4.91. The molecule has 3 fully saturated rings. The van der Waals surface area contributed by atoms with Gasteiger partial charge in [-0.15, -0.1) is 0 Å². The number of benzene rings is 1. The average molecular weight is 398 g/mol. The molecule has 6 nitrogen and oxygen atoms in total. The molecule has 2 heterocycles. The topological polar surface area (TPSA) is 69.7 Å². The van der Waals surface area contributed by atoms with E-state index in [0.717, 1.165) is 62.7 Å². The molecule has 29 heavy (non-hydrogen) atoms. The van der Waals surface area contributed by atoms with Crippen LogP contribution in [0.3, 0.4) is 0 Å². The number of hydrogen-bond donors (Lipinski definition) is 1. The molecule has 1 atom stereocenters. The SMILES string of the molecule is O=C(NCc1ccc(N2CCCC2=O)cc1)C1CCCN1C(=O)C1CCCCC1. The summed E-state index contributed by atoms with van der Waals surface area (Å²) in [6.07, 6.45) is 8.59. The summed E-state index contributed by atoms with van der Waals surface area (Å²) in [6, 6.07) is 7.48. The maximum absolute atomic E-state index is 12.9. The van der Waals surface area contributed by atoms with Gasteiger partial charge in [-0.3, -0.25) is 14.4 Å². The molecule has 1 saturated carbocycles. The van der Waals surface area contributed by atoms with E-state index in [9.17, 15) is 14.4 Å². The molecule has 1 aliphatic carbocycles. The van der Waals surface area contributed by atoms with E-state index < -0.39 is 0 Å². The zero-order chi connectivity index (χ0) is 20.2. The van der Waals surface area contributed by atoms with Gasteiger partial charge in [0.2, 0.25) is 17.7 Å². The third kappa shape index (κ3) is 4.46. The van der Waals surface area contributed by atoms with Crippen LogP contribution in [-0.4, -0.2) is 41.8 Å². The molecule has 0 spiro atoms. The number of anilines is 1. The van der Waals surface area contributed by atoms with Crippen LogP contribution in [0.5, 0.6) is 0 Å². The normalized spacial score (nSPS) is 22.9. The summed E-state index contributed by atoms with van der Waals surface area (Å²) < 4.78 is 0. The van der Waals surface area contributed by atoms with Crippen LogP contribution in [0, 0.1) is 5.92 Å². The van der Waals surface area contributed by atoms with Crippen LogP contribution in [-0.2, 0) is 20.9 Å². The highest BCUT2D eigenvalue weighted by Crippen LogP contribution is 2.29. The zero-order valence-corrected chi connectivity index (χ0v) is 17.1. The molecule has 0 radical (unpaired) electrons. The van der Waals surface area contributed by atoms with E-state index in [1.807, 2.05) is 34.1 Å². The Kier molecular flexibility index (Phi) is 6.16. The van der Waals surface area contributed by atoms with Crippen LogP contribution < -0.4 is 10.2 Å². The standard InChI is InChI=1S/C23H31N3O3/c27-21-9-5-14-25(21)19-12-10-17(11-13-19)16-24-22(28)20-8-4-15-26(20)23(29)18-6-2-1-3-7-18/h10-13,18,20H,1-9,14-16H2,(H,24,28). The minimum atomic E-state index is -0.328. The second kappa shape index (κ2) is 8.97. The number of carbonyl (C=O) groups is 3. The van der Waals surface area contributed by atoms with Crippen LogP contribution in [0.25, 0.3) is 0 Å². The lowest BCUT2D eigenvalue weighted by Crippen LogP contribution is -2.47. The van der Waals surface area contributed by atoms with Crippen molar-refractivity contribution in [2.45, 2.75) is 70.4 Å². The Hall–Kier alpha value is -2.37. The van der Waals surface area contributed by atoms with Crippen molar-refractivity contribution in [2.24, 2.45) is 5.92 Å². The molecule has 2 aliphatic heterocycles. The van der Waals surface area contributed by atoms with Crippen molar-refractivity contribution in [3.05, 3.63) is 29.8 Å². The van der Waals surface area contributed by atoms with E-state index in [-0.39, 0.29) is 29.7 Å². The zero-order valence-electron chi connectivity index (χ0n) is 17.1. The number of nitrogens with zero attached hydrogens (tertiary/aromatic N) is 2. The number of likely N-dealkylation sites (tertiary alicyclic amines) is 1. The Balaban J connectivity index is 1.31. The summed E-state index contributed by atoms with van der Waals surface area (Å²) in [7, 11) is 0. The van der Waals surface area contributed by atoms with Crippen molar-refractivity contribution in [2.75, 3.05) is 18.0 Å². The number of nitrogens with one attached hydrogen (secondary N) is 1. The highest BCUT2D eigenvalue weighted by molar-refractivity contribution is 5.95. The van der Waals surface area contributed by atoms with Crippen LogP contribution in [0.4, 0.5) is 5.69 Å². The van der Waals surface area contributed by atoms with Gasteiger partial charge in [-0.1, -0.05) is 31.4 Å². The lowest BCUT2D eigenvalue weighted by molar-refractivity contribution is -0.142. The summed E-state index contributed by atoms with van der Waals surface area (Å²) in [5.41, 5.74) is 1.92. The van der Waals surface area contributed by atoms with Crippen molar-refractivity contribution in [3.8, 4) is 0 Å². The molecule has 6 heteroatoms. The van der Waals surface area contributed by atoms with Gasteiger partial charge in [0.15, 0.2) is 0 Å². The predicted octanol–water partition coefficient (Wildman–Crippen LogP) is 3.00. The van der Waals surface area contributed by atoms with Crippen LogP contribution in [0.1, 0.15) is 63.4 Å². The quantitative estimate of drug-likeness (QED) is 0.830. The van der Waals surface area contributed by atoms with E-state index in [1.165, 1.54) is 6.42 Å². The first-order valence-corrected chi connectivity index (χ1v) is 11.1. The highest BCUT2D eigenvalue weighted by atomic mass is 16.2. The summed E-state index contributed by atoms with van der Waals surface area (Å²) in [5.74, 6) is 0.417. The van der Waals surface area contributed by atoms with Crippen molar-refractivity contribution in [1.29, 1.82) is 0 Å². The predicted molar refractivity (Wildman–Crippen MR) is 111 cm³/mol. The van der Waals surface area contributed by atoms with Crippen LogP contribution in [0.15, 0.2) is 24.3 Å². The van der Waals surface area contributed by atoms with E-state index in [2.05, 4.69) is 5.32 Å². The molecule has 4 rings (SSSR count). The largest absolute Gasteiger partial charge is 0.350 e. The summed E-state index contributed by atoms with van der Waals surface area (Å²) >= 11 is 0. The molecule has 2 saturated heterocycles. The van der Waals surface area contributed by atoms with Gasteiger partial charge in [0.1, 0.15) is 6.04 Å². The van der Waals surface area contributed by atoms with E-state index in [4.69, 9.17) is 0 Å². The average Bonchev–Trinajstić information content (AvgIpc) is 3.42. The number of hydrogen-bond acceptors (Lipinski definition) is 3. The summed E-state index contributed by atoms with van der Waals surface area (Å²) in [6.45, 7) is 1.92. The maximum atomic E-state index is 12.9. The van der Waals surface area contributed by atoms with Gasteiger partial charge in [0.25, 0.3) is 0 Å². The van der Waals surface area contributed by atoms with E-state index in [1.54, 1.807) is 0 Å². The van der Waals surface area contributed by atoms with Crippen molar-refractivity contribution >= 4 is 23.4 Å². The minimum Gasteiger partial charge on any atom is -0.350 e. The maximum Gasteiger partial charge on any atom is 0.243 e. The van der Waals surface area contributed by atoms with Gasteiger partial charge in [0.05, 0.1) is 0 Å². The second-order valence-electron chi connectivity index (χ2n) is 8.56. The lowest BCUT2D eigenvalue weighted by atomic mass is 9.88. The first-order valence-electron chi connectivity index (χ1n) is 11.1. The highest BCUT2D eigenvalue weighted by Gasteiger charge is 2.37. The summed E-state index contributed by atoms with van der Waals surface area (Å²) in [4.78, 5) is 41.2. The molecule has 1 aromatic carbocycles. The molecule has 0 aromatic heterocycles. The Morgan fingerprint density at radius 1 is 0.931 bits per heavy atom. The number of carbonyl (C=O) groups excluding carboxylic acids is 3. The Bertz CT molecular complexity index is 755. The first kappa shape index (κ1) is 19.9. The van der Waals surface area contributed by atoms with Crippen LogP contribution >= 0.6 is 0 Å². The van der Waals surface area contributed by atoms with Crippen molar-refractivity contribution < 1.29 is 14.4 Å². The van der Waals surface area contributed by atoms with Gasteiger partial charge in [0, 0.05) is 37.7 Å². The third-order valence-corrected chi connectivity index (χ3v) is 6.58. The third-order valence-electron chi connectivity index (χ3n) is 6.58. The lowest BCUT2D eigenvalue weighted by Gasteiger charge is -2.30.